The van der Waals surface area contributed by atoms with Crippen LogP contribution in [0.1, 0.15) is 47.5 Å². The van der Waals surface area contributed by atoms with Crippen molar-refractivity contribution in [3.63, 3.8) is 0 Å². The summed E-state index contributed by atoms with van der Waals surface area (Å²) in [6, 6.07) is 2.98. The van der Waals surface area contributed by atoms with Gasteiger partial charge in [0.1, 0.15) is 0 Å². The lowest BCUT2D eigenvalue weighted by Crippen LogP contribution is -2.58. The standard InChI is InChI=1S/C16H33N3/c1-13(2)17-8-6-16(7-9-17)19-11-10-18(14(3)4)12-15(19)5/h13-16H,6-12H2,1-5H3/t15-/m0/s1. The molecule has 3 nitrogen and oxygen atoms in total. The summed E-state index contributed by atoms with van der Waals surface area (Å²) in [6.07, 6.45) is 2.73. The molecule has 0 bridgehead atoms. The Morgan fingerprint density at radius 1 is 0.789 bits per heavy atom. The van der Waals surface area contributed by atoms with E-state index in [0.29, 0.717) is 6.04 Å². The molecule has 19 heavy (non-hydrogen) atoms. The molecule has 0 aromatic rings. The molecule has 0 aliphatic carbocycles. The maximum Gasteiger partial charge on any atom is 0.0198 e. The smallest absolute Gasteiger partial charge is 0.0198 e. The number of likely N-dealkylation sites (tertiary alicyclic amines) is 1. The van der Waals surface area contributed by atoms with Crippen LogP contribution in [-0.2, 0) is 0 Å². The minimum atomic E-state index is 0.701. The van der Waals surface area contributed by atoms with Gasteiger partial charge in [-0.3, -0.25) is 9.80 Å². The summed E-state index contributed by atoms with van der Waals surface area (Å²) in [4.78, 5) is 8.05. The van der Waals surface area contributed by atoms with E-state index in [2.05, 4.69) is 49.3 Å². The van der Waals surface area contributed by atoms with Crippen molar-refractivity contribution < 1.29 is 0 Å². The minimum Gasteiger partial charge on any atom is -0.301 e. The van der Waals surface area contributed by atoms with Crippen LogP contribution in [0.5, 0.6) is 0 Å². The van der Waals surface area contributed by atoms with Gasteiger partial charge in [0.15, 0.2) is 0 Å². The summed E-state index contributed by atoms with van der Waals surface area (Å²) in [5.41, 5.74) is 0. The van der Waals surface area contributed by atoms with Gasteiger partial charge in [-0.05, 0) is 60.5 Å². The van der Waals surface area contributed by atoms with Gasteiger partial charge >= 0.3 is 0 Å². The Bertz CT molecular complexity index is 269. The van der Waals surface area contributed by atoms with E-state index in [4.69, 9.17) is 0 Å². The van der Waals surface area contributed by atoms with E-state index in [-0.39, 0.29) is 0 Å². The average Bonchev–Trinajstić information content (AvgIpc) is 2.38. The molecule has 0 aromatic heterocycles. The molecular weight excluding hydrogens is 234 g/mol. The van der Waals surface area contributed by atoms with E-state index in [1.165, 1.54) is 45.6 Å². The molecule has 3 heteroatoms. The Kier molecular flexibility index (Phi) is 5.27. The highest BCUT2D eigenvalue weighted by Gasteiger charge is 2.32. The van der Waals surface area contributed by atoms with Gasteiger partial charge in [0, 0.05) is 43.8 Å². The van der Waals surface area contributed by atoms with Crippen LogP contribution in [0.15, 0.2) is 0 Å². The highest BCUT2D eigenvalue weighted by Crippen LogP contribution is 2.23. The van der Waals surface area contributed by atoms with Crippen molar-refractivity contribution in [3.05, 3.63) is 0 Å². The molecule has 112 valence electrons. The Morgan fingerprint density at radius 3 is 1.84 bits per heavy atom. The molecular formula is C16H33N3. The lowest BCUT2D eigenvalue weighted by molar-refractivity contribution is 0.00823. The first-order valence-corrected chi connectivity index (χ1v) is 8.23. The SMILES string of the molecule is CC(C)N1CCC(N2CCN(C(C)C)C[C@@H]2C)CC1. The molecule has 0 radical (unpaired) electrons. The molecule has 0 spiro atoms. The fraction of sp³-hybridized carbons (Fsp3) is 1.00. The molecule has 0 unspecified atom stereocenters. The average molecular weight is 267 g/mol. The number of piperidine rings is 1. The second-order valence-electron chi connectivity index (χ2n) is 7.04. The first kappa shape index (κ1) is 15.3. The first-order valence-electron chi connectivity index (χ1n) is 8.23. The molecule has 2 heterocycles. The molecule has 0 aromatic carbocycles. The fourth-order valence-corrected chi connectivity index (χ4v) is 3.75. The van der Waals surface area contributed by atoms with Crippen molar-refractivity contribution in [2.75, 3.05) is 32.7 Å². The maximum atomic E-state index is 2.79. The van der Waals surface area contributed by atoms with Crippen LogP contribution < -0.4 is 0 Å². The normalized spacial score (nSPS) is 29.5. The van der Waals surface area contributed by atoms with Crippen molar-refractivity contribution in [1.82, 2.24) is 14.7 Å². The second kappa shape index (κ2) is 6.55. The van der Waals surface area contributed by atoms with Crippen LogP contribution in [0, 0.1) is 0 Å². The lowest BCUT2D eigenvalue weighted by atomic mass is 9.98. The largest absolute Gasteiger partial charge is 0.301 e. The van der Waals surface area contributed by atoms with Gasteiger partial charge in [0.2, 0.25) is 0 Å². The Labute approximate surface area is 119 Å². The summed E-state index contributed by atoms with van der Waals surface area (Å²) >= 11 is 0. The van der Waals surface area contributed by atoms with E-state index in [1.54, 1.807) is 0 Å². The molecule has 1 atom stereocenters. The van der Waals surface area contributed by atoms with Crippen LogP contribution in [0.3, 0.4) is 0 Å². The van der Waals surface area contributed by atoms with E-state index >= 15 is 0 Å². The van der Waals surface area contributed by atoms with Gasteiger partial charge < -0.3 is 4.90 Å². The van der Waals surface area contributed by atoms with Gasteiger partial charge in [0.05, 0.1) is 0 Å². The predicted molar refractivity (Wildman–Crippen MR) is 82.6 cm³/mol. The van der Waals surface area contributed by atoms with Crippen molar-refractivity contribution in [2.45, 2.75) is 71.6 Å². The maximum absolute atomic E-state index is 2.79. The Hall–Kier alpha value is -0.120. The van der Waals surface area contributed by atoms with Gasteiger partial charge in [-0.15, -0.1) is 0 Å². The van der Waals surface area contributed by atoms with Gasteiger partial charge in [0.25, 0.3) is 0 Å². The van der Waals surface area contributed by atoms with Crippen LogP contribution in [0.4, 0.5) is 0 Å². The summed E-state index contributed by atoms with van der Waals surface area (Å²) in [5, 5.41) is 0. The summed E-state index contributed by atoms with van der Waals surface area (Å²) in [7, 11) is 0. The number of rotatable bonds is 3. The van der Waals surface area contributed by atoms with Crippen LogP contribution in [-0.4, -0.2) is 71.6 Å². The molecule has 2 saturated heterocycles. The predicted octanol–water partition coefficient (Wildman–Crippen LogP) is 2.27. The van der Waals surface area contributed by atoms with Crippen LogP contribution in [0.25, 0.3) is 0 Å². The molecule has 2 fully saturated rings. The molecule has 0 saturated carbocycles. The van der Waals surface area contributed by atoms with Crippen LogP contribution >= 0.6 is 0 Å². The molecule has 2 aliphatic heterocycles. The molecule has 0 amide bonds. The second-order valence-corrected chi connectivity index (χ2v) is 7.04. The zero-order valence-corrected chi connectivity index (χ0v) is 13.6. The topological polar surface area (TPSA) is 9.72 Å². The third-order valence-corrected chi connectivity index (χ3v) is 5.14. The van der Waals surface area contributed by atoms with Gasteiger partial charge in [-0.2, -0.15) is 0 Å². The van der Waals surface area contributed by atoms with E-state index in [9.17, 15) is 0 Å². The van der Waals surface area contributed by atoms with E-state index in [1.807, 2.05) is 0 Å². The highest BCUT2D eigenvalue weighted by atomic mass is 15.3. The number of nitrogens with zero attached hydrogens (tertiary/aromatic N) is 3. The van der Waals surface area contributed by atoms with Crippen LogP contribution in [0.2, 0.25) is 0 Å². The lowest BCUT2D eigenvalue weighted by Gasteiger charge is -2.48. The molecule has 0 N–H and O–H groups in total. The summed E-state index contributed by atoms with van der Waals surface area (Å²) in [5.74, 6) is 0. The first-order chi connectivity index (χ1) is 8.99. The number of hydrogen-bond acceptors (Lipinski definition) is 3. The third kappa shape index (κ3) is 3.71. The number of hydrogen-bond donors (Lipinski definition) is 0. The van der Waals surface area contributed by atoms with Crippen molar-refractivity contribution >= 4 is 0 Å². The molecule has 2 aliphatic rings. The third-order valence-electron chi connectivity index (χ3n) is 5.14. The Morgan fingerprint density at radius 2 is 1.37 bits per heavy atom. The van der Waals surface area contributed by atoms with Crippen molar-refractivity contribution in [3.8, 4) is 0 Å². The monoisotopic (exact) mass is 267 g/mol. The molecule has 2 rings (SSSR count). The summed E-state index contributed by atoms with van der Waals surface area (Å²) < 4.78 is 0. The zero-order chi connectivity index (χ0) is 14.0. The van der Waals surface area contributed by atoms with Crippen molar-refractivity contribution in [1.29, 1.82) is 0 Å². The fourth-order valence-electron chi connectivity index (χ4n) is 3.75. The van der Waals surface area contributed by atoms with E-state index < -0.39 is 0 Å². The minimum absolute atomic E-state index is 0.701. The van der Waals surface area contributed by atoms with E-state index in [0.717, 1.165) is 18.1 Å². The summed E-state index contributed by atoms with van der Waals surface area (Å²) in [6.45, 7) is 18.1. The quantitative estimate of drug-likeness (QED) is 0.777. The van der Waals surface area contributed by atoms with Gasteiger partial charge in [-0.25, -0.2) is 0 Å². The van der Waals surface area contributed by atoms with Crippen molar-refractivity contribution in [2.24, 2.45) is 0 Å². The highest BCUT2D eigenvalue weighted by molar-refractivity contribution is 4.88. The van der Waals surface area contributed by atoms with Gasteiger partial charge in [-0.1, -0.05) is 0 Å². The number of piperazine rings is 1. The zero-order valence-electron chi connectivity index (χ0n) is 13.6. The Balaban J connectivity index is 1.84.